The van der Waals surface area contributed by atoms with Crippen LogP contribution in [0.2, 0.25) is 0 Å². The summed E-state index contributed by atoms with van der Waals surface area (Å²) in [6.07, 6.45) is 20.3. The van der Waals surface area contributed by atoms with Gasteiger partial charge < -0.3 is 12.3 Å². The van der Waals surface area contributed by atoms with Crippen LogP contribution in [-0.4, -0.2) is 61.6 Å². The molecule has 0 amide bonds. The third-order valence-corrected chi connectivity index (χ3v) is 9.25. The summed E-state index contributed by atoms with van der Waals surface area (Å²) in [4.78, 5) is 24.9. The Morgan fingerprint density at radius 2 is 0.714 bits per heavy atom. The van der Waals surface area contributed by atoms with Gasteiger partial charge in [0, 0.05) is 0 Å². The van der Waals surface area contributed by atoms with Gasteiger partial charge in [-0.05, 0) is 12.8 Å². The SMILES string of the molecule is CCCCCCCCCCCCOC(=O)C(C(C(=O)OCCCCCCCCCCCC)S(=O)(=O)O)S(=O)(=O)O.[H-].[H-].[Na+].[Na+]. The summed E-state index contributed by atoms with van der Waals surface area (Å²) in [5.74, 6) is -3.26. The smallest absolute Gasteiger partial charge is 1.00 e. The maximum absolute atomic E-state index is 12.5. The summed E-state index contributed by atoms with van der Waals surface area (Å²) in [6, 6.07) is 0. The molecule has 14 heteroatoms. The van der Waals surface area contributed by atoms with E-state index in [0.717, 1.165) is 51.4 Å². The van der Waals surface area contributed by atoms with Crippen LogP contribution < -0.4 is 59.1 Å². The first-order valence-electron chi connectivity index (χ1n) is 15.2. The van der Waals surface area contributed by atoms with Gasteiger partial charge in [-0.25, -0.2) is 0 Å². The summed E-state index contributed by atoms with van der Waals surface area (Å²) in [5.41, 5.74) is 0. The van der Waals surface area contributed by atoms with Crippen LogP contribution in [0.4, 0.5) is 0 Å². The number of hydrogen-bond acceptors (Lipinski definition) is 8. The molecular weight excluding hydrogens is 606 g/mol. The molecule has 0 aliphatic rings. The molecule has 2 atom stereocenters. The van der Waals surface area contributed by atoms with E-state index in [9.17, 15) is 35.5 Å². The Bertz CT molecular complexity index is 823. The fourth-order valence-electron chi connectivity index (χ4n) is 4.49. The van der Waals surface area contributed by atoms with Gasteiger partial charge in [0.2, 0.25) is 10.5 Å². The van der Waals surface area contributed by atoms with Crippen LogP contribution in [-0.2, 0) is 39.3 Å². The molecule has 2 N–H and O–H groups in total. The molecule has 0 fully saturated rings. The largest absolute Gasteiger partial charge is 1.00 e. The van der Waals surface area contributed by atoms with E-state index in [1.54, 1.807) is 0 Å². The van der Waals surface area contributed by atoms with Gasteiger partial charge in [0.15, 0.2) is 0 Å². The molecule has 0 saturated heterocycles. The molecule has 242 valence electrons. The van der Waals surface area contributed by atoms with Crippen LogP contribution in [0, 0.1) is 0 Å². The van der Waals surface area contributed by atoms with Crippen LogP contribution in [0.15, 0.2) is 0 Å². The summed E-state index contributed by atoms with van der Waals surface area (Å²) in [6.45, 7) is 3.90. The van der Waals surface area contributed by atoms with Crippen LogP contribution in [0.5, 0.6) is 0 Å². The standard InChI is InChI=1S/C28H54O10S2.2Na.2H/c1-3-5-7-9-11-13-15-17-19-21-23-37-27(29)25(39(31,32)33)26(40(34,35)36)28(30)38-24-22-20-18-16-14-12-10-8-6-4-2;;;;/h25-26H,3-24H2,1-2H3,(H,31,32,33)(H,34,35,36);;;;/q;2*+1;2*-1. The molecule has 42 heavy (non-hydrogen) atoms. The minimum atomic E-state index is -5.42. The zero-order valence-corrected chi connectivity index (χ0v) is 32.3. The number of hydrogen-bond donors (Lipinski definition) is 2. The Labute approximate surface area is 302 Å². The molecule has 0 heterocycles. The van der Waals surface area contributed by atoms with Crippen molar-refractivity contribution in [1.29, 1.82) is 0 Å². The number of rotatable bonds is 27. The molecule has 0 spiro atoms. The Balaban J connectivity index is -0.00000127. The monoisotopic (exact) mass is 662 g/mol. The van der Waals surface area contributed by atoms with Gasteiger partial charge in [0.05, 0.1) is 13.2 Å². The molecule has 10 nitrogen and oxygen atoms in total. The van der Waals surface area contributed by atoms with E-state index in [1.807, 2.05) is 0 Å². The summed E-state index contributed by atoms with van der Waals surface area (Å²) in [5, 5.41) is -5.68. The molecule has 0 saturated carbocycles. The average Bonchev–Trinajstić information content (AvgIpc) is 2.87. The predicted octanol–water partition coefficient (Wildman–Crippen LogP) is 0.660. The molecule has 0 aromatic rings. The molecule has 0 aromatic heterocycles. The first kappa shape index (κ1) is 47.2. The summed E-state index contributed by atoms with van der Waals surface area (Å²) < 4.78 is 76.5. The first-order valence-corrected chi connectivity index (χ1v) is 18.2. The minimum Gasteiger partial charge on any atom is -1.00 e. The predicted molar refractivity (Wildman–Crippen MR) is 159 cm³/mol. The van der Waals surface area contributed by atoms with Crippen LogP contribution in [0.25, 0.3) is 0 Å². The van der Waals surface area contributed by atoms with Gasteiger partial charge in [0.1, 0.15) is 0 Å². The van der Waals surface area contributed by atoms with E-state index in [0.29, 0.717) is 25.7 Å². The van der Waals surface area contributed by atoms with Gasteiger partial charge in [-0.15, -0.1) is 0 Å². The topological polar surface area (TPSA) is 161 Å². The second-order valence-corrected chi connectivity index (χ2v) is 13.6. The van der Waals surface area contributed by atoms with E-state index < -0.39 is 42.7 Å². The summed E-state index contributed by atoms with van der Waals surface area (Å²) in [7, 11) is -10.8. The maximum Gasteiger partial charge on any atom is 1.00 e. The Morgan fingerprint density at radius 3 is 0.929 bits per heavy atom. The van der Waals surface area contributed by atoms with Gasteiger partial charge >= 0.3 is 71.1 Å². The Kier molecular flexibility index (Phi) is 32.8. The van der Waals surface area contributed by atoms with Crippen molar-refractivity contribution in [2.75, 3.05) is 13.2 Å². The Hall–Kier alpha value is 0.760. The normalized spacial score (nSPS) is 13.0. The van der Waals surface area contributed by atoms with Crippen LogP contribution in [0.3, 0.4) is 0 Å². The quantitative estimate of drug-likeness (QED) is 0.0554. The maximum atomic E-state index is 12.5. The molecular formula is C28H56Na2O10S2. The van der Waals surface area contributed by atoms with Crippen LogP contribution in [0.1, 0.15) is 145 Å². The number of unbranched alkanes of at least 4 members (excludes halogenated alkanes) is 18. The van der Waals surface area contributed by atoms with Crippen molar-refractivity contribution in [1.82, 2.24) is 0 Å². The zero-order chi connectivity index (χ0) is 30.3. The van der Waals surface area contributed by atoms with E-state index >= 15 is 0 Å². The molecule has 0 radical (unpaired) electrons. The molecule has 0 rings (SSSR count). The van der Waals surface area contributed by atoms with E-state index in [1.165, 1.54) is 51.4 Å². The van der Waals surface area contributed by atoms with Gasteiger partial charge in [0.25, 0.3) is 20.2 Å². The van der Waals surface area contributed by atoms with Crippen LogP contribution >= 0.6 is 0 Å². The molecule has 0 aliphatic carbocycles. The molecule has 2 unspecified atom stereocenters. The van der Waals surface area contributed by atoms with Crippen molar-refractivity contribution in [3.05, 3.63) is 0 Å². The average molecular weight is 663 g/mol. The summed E-state index contributed by atoms with van der Waals surface area (Å²) >= 11 is 0. The van der Waals surface area contributed by atoms with E-state index in [4.69, 9.17) is 9.47 Å². The zero-order valence-electron chi connectivity index (χ0n) is 28.7. The van der Waals surface area contributed by atoms with E-state index in [-0.39, 0.29) is 75.2 Å². The molecule has 0 aromatic carbocycles. The fraction of sp³-hybridized carbons (Fsp3) is 0.929. The third kappa shape index (κ3) is 25.0. The number of ether oxygens (including phenoxy) is 2. The molecule has 0 aliphatic heterocycles. The second-order valence-electron chi connectivity index (χ2n) is 10.6. The first-order chi connectivity index (χ1) is 19.0. The van der Waals surface area contributed by atoms with Gasteiger partial charge in [-0.3, -0.25) is 18.7 Å². The van der Waals surface area contributed by atoms with Crippen molar-refractivity contribution < 1.29 is 107 Å². The second kappa shape index (κ2) is 29.2. The number of carbonyl (C=O) groups excluding carboxylic acids is 2. The molecule has 0 bridgehead atoms. The van der Waals surface area contributed by atoms with Crippen molar-refractivity contribution in [2.45, 2.75) is 153 Å². The third-order valence-electron chi connectivity index (χ3n) is 6.87. The van der Waals surface area contributed by atoms with Gasteiger partial charge in [-0.2, -0.15) is 16.8 Å². The minimum absolute atomic E-state index is 0. The van der Waals surface area contributed by atoms with E-state index in [2.05, 4.69) is 13.8 Å². The van der Waals surface area contributed by atoms with Crippen molar-refractivity contribution >= 4 is 32.2 Å². The fourth-order valence-corrected chi connectivity index (χ4v) is 6.80. The van der Waals surface area contributed by atoms with Crippen molar-refractivity contribution in [3.63, 3.8) is 0 Å². The number of carbonyl (C=O) groups is 2. The van der Waals surface area contributed by atoms with Crippen molar-refractivity contribution in [2.24, 2.45) is 0 Å². The Morgan fingerprint density at radius 1 is 0.500 bits per heavy atom. The van der Waals surface area contributed by atoms with Gasteiger partial charge in [-0.1, -0.05) is 129 Å². The number of esters is 2. The van der Waals surface area contributed by atoms with Crippen molar-refractivity contribution in [3.8, 4) is 0 Å².